The van der Waals surface area contributed by atoms with Crippen molar-refractivity contribution in [1.82, 2.24) is 9.97 Å². The third-order valence-corrected chi connectivity index (χ3v) is 3.84. The zero-order chi connectivity index (χ0) is 13.5. The Labute approximate surface area is 118 Å². The molecule has 1 aliphatic heterocycles. The second-order valence-corrected chi connectivity index (χ2v) is 5.28. The number of methoxy groups -OCH3 is 1. The zero-order valence-electron chi connectivity index (χ0n) is 11.6. The van der Waals surface area contributed by atoms with Gasteiger partial charge >= 0.3 is 0 Å². The molecule has 0 amide bonds. The Bertz CT molecular complexity index is 415. The normalized spacial score (nSPS) is 13.6. The van der Waals surface area contributed by atoms with Crippen LogP contribution in [0.2, 0.25) is 0 Å². The summed E-state index contributed by atoms with van der Waals surface area (Å²) in [6.07, 6.45) is 0.750. The molecular weight excluding hydrogens is 262 g/mol. The molecule has 0 saturated carbocycles. The highest BCUT2D eigenvalue weighted by Gasteiger charge is 2.19. The summed E-state index contributed by atoms with van der Waals surface area (Å²) in [5, 5.41) is 3.33. The number of thioether (sulfide) groups is 1. The van der Waals surface area contributed by atoms with Gasteiger partial charge in [0.1, 0.15) is 11.6 Å². The van der Waals surface area contributed by atoms with Crippen LogP contribution in [0.5, 0.6) is 0 Å². The minimum Gasteiger partial charge on any atom is -0.382 e. The number of hydrogen-bond acceptors (Lipinski definition) is 6. The SMILES string of the molecule is CCNc1nc(CCOCCOC)nc2c1CSC2. The van der Waals surface area contributed by atoms with Gasteiger partial charge in [0.25, 0.3) is 0 Å². The van der Waals surface area contributed by atoms with Crippen LogP contribution in [0.4, 0.5) is 5.82 Å². The van der Waals surface area contributed by atoms with Gasteiger partial charge in [0.15, 0.2) is 0 Å². The molecule has 0 aromatic carbocycles. The zero-order valence-corrected chi connectivity index (χ0v) is 12.4. The maximum Gasteiger partial charge on any atom is 0.134 e. The lowest BCUT2D eigenvalue weighted by atomic mass is 10.2. The van der Waals surface area contributed by atoms with E-state index in [4.69, 9.17) is 9.47 Å². The highest BCUT2D eigenvalue weighted by atomic mass is 32.2. The largest absolute Gasteiger partial charge is 0.382 e. The Kier molecular flexibility index (Phi) is 5.88. The highest BCUT2D eigenvalue weighted by Crippen LogP contribution is 2.32. The molecule has 19 heavy (non-hydrogen) atoms. The molecule has 0 bridgehead atoms. The molecule has 1 N–H and O–H groups in total. The van der Waals surface area contributed by atoms with Crippen LogP contribution in [0.25, 0.3) is 0 Å². The summed E-state index contributed by atoms with van der Waals surface area (Å²) in [5.74, 6) is 3.88. The van der Waals surface area contributed by atoms with Crippen LogP contribution in [0.3, 0.4) is 0 Å². The maximum atomic E-state index is 5.47. The van der Waals surface area contributed by atoms with Crippen LogP contribution < -0.4 is 5.32 Å². The summed E-state index contributed by atoms with van der Waals surface area (Å²) in [7, 11) is 1.67. The summed E-state index contributed by atoms with van der Waals surface area (Å²) in [6, 6.07) is 0. The molecule has 6 heteroatoms. The minimum atomic E-state index is 0.622. The number of fused-ring (bicyclic) bond motifs is 1. The smallest absolute Gasteiger partial charge is 0.134 e. The van der Waals surface area contributed by atoms with Gasteiger partial charge in [-0.2, -0.15) is 11.8 Å². The number of nitrogens with one attached hydrogen (secondary N) is 1. The summed E-state index contributed by atoms with van der Waals surface area (Å²) >= 11 is 1.90. The van der Waals surface area contributed by atoms with Crippen LogP contribution in [-0.2, 0) is 27.4 Å². The van der Waals surface area contributed by atoms with Crippen LogP contribution in [-0.4, -0.2) is 43.4 Å². The van der Waals surface area contributed by atoms with Gasteiger partial charge in [-0.1, -0.05) is 0 Å². The van der Waals surface area contributed by atoms with Crippen molar-refractivity contribution in [1.29, 1.82) is 0 Å². The lowest BCUT2D eigenvalue weighted by Gasteiger charge is -2.10. The molecule has 1 aliphatic rings. The number of nitrogens with zero attached hydrogens (tertiary/aromatic N) is 2. The molecule has 0 unspecified atom stereocenters. The molecule has 0 aliphatic carbocycles. The van der Waals surface area contributed by atoms with Crippen molar-refractivity contribution in [2.45, 2.75) is 24.9 Å². The second-order valence-electron chi connectivity index (χ2n) is 4.29. The van der Waals surface area contributed by atoms with Crippen molar-refractivity contribution in [2.75, 3.05) is 38.8 Å². The summed E-state index contributed by atoms with van der Waals surface area (Å²) in [5.41, 5.74) is 2.46. The van der Waals surface area contributed by atoms with E-state index in [2.05, 4.69) is 22.2 Å². The molecule has 2 heterocycles. The van der Waals surface area contributed by atoms with Crippen LogP contribution in [0.1, 0.15) is 24.0 Å². The van der Waals surface area contributed by atoms with E-state index < -0.39 is 0 Å². The van der Waals surface area contributed by atoms with Crippen molar-refractivity contribution < 1.29 is 9.47 Å². The monoisotopic (exact) mass is 283 g/mol. The molecule has 1 aromatic rings. The van der Waals surface area contributed by atoms with Gasteiger partial charge in [0.05, 0.1) is 25.5 Å². The molecule has 0 spiro atoms. The minimum absolute atomic E-state index is 0.622. The number of aromatic nitrogens is 2. The molecule has 2 rings (SSSR count). The van der Waals surface area contributed by atoms with Gasteiger partial charge in [-0.05, 0) is 6.92 Å². The second kappa shape index (κ2) is 7.67. The van der Waals surface area contributed by atoms with Gasteiger partial charge in [-0.3, -0.25) is 0 Å². The van der Waals surface area contributed by atoms with E-state index in [0.717, 1.165) is 36.1 Å². The topological polar surface area (TPSA) is 56.3 Å². The van der Waals surface area contributed by atoms with Gasteiger partial charge in [-0.15, -0.1) is 0 Å². The van der Waals surface area contributed by atoms with E-state index in [1.165, 1.54) is 11.3 Å². The number of anilines is 1. The first-order chi connectivity index (χ1) is 9.35. The van der Waals surface area contributed by atoms with E-state index in [-0.39, 0.29) is 0 Å². The lowest BCUT2D eigenvalue weighted by Crippen LogP contribution is -2.11. The first kappa shape index (κ1) is 14.6. The van der Waals surface area contributed by atoms with Crippen molar-refractivity contribution in [2.24, 2.45) is 0 Å². The van der Waals surface area contributed by atoms with Crippen molar-refractivity contribution in [3.63, 3.8) is 0 Å². The summed E-state index contributed by atoms with van der Waals surface area (Å²) in [4.78, 5) is 9.24. The molecular formula is C13H21N3O2S. The van der Waals surface area contributed by atoms with E-state index in [9.17, 15) is 0 Å². The molecule has 0 fully saturated rings. The highest BCUT2D eigenvalue weighted by molar-refractivity contribution is 7.98. The molecule has 5 nitrogen and oxygen atoms in total. The first-order valence-electron chi connectivity index (χ1n) is 6.62. The fraction of sp³-hybridized carbons (Fsp3) is 0.692. The summed E-state index contributed by atoms with van der Waals surface area (Å²) in [6.45, 7) is 4.87. The molecule has 0 radical (unpaired) electrons. The predicted molar refractivity (Wildman–Crippen MR) is 77.6 cm³/mol. The Morgan fingerprint density at radius 1 is 1.21 bits per heavy atom. The summed E-state index contributed by atoms with van der Waals surface area (Å²) < 4.78 is 10.4. The Morgan fingerprint density at radius 2 is 2.11 bits per heavy atom. The van der Waals surface area contributed by atoms with Gasteiger partial charge < -0.3 is 14.8 Å². The van der Waals surface area contributed by atoms with Crippen molar-refractivity contribution >= 4 is 17.6 Å². The van der Waals surface area contributed by atoms with E-state index in [0.29, 0.717) is 19.8 Å². The number of ether oxygens (including phenoxy) is 2. The van der Waals surface area contributed by atoms with E-state index in [1.807, 2.05) is 11.8 Å². The van der Waals surface area contributed by atoms with Gasteiger partial charge in [0.2, 0.25) is 0 Å². The average Bonchev–Trinajstić information content (AvgIpc) is 2.87. The Morgan fingerprint density at radius 3 is 2.89 bits per heavy atom. The molecule has 106 valence electrons. The molecule has 1 aromatic heterocycles. The average molecular weight is 283 g/mol. The van der Waals surface area contributed by atoms with Crippen LogP contribution >= 0.6 is 11.8 Å². The standard InChI is InChI=1S/C13H21N3O2S/c1-3-14-13-10-8-19-9-11(10)15-12(16-13)4-5-18-7-6-17-2/h3-9H2,1-2H3,(H,14,15,16). The number of rotatable bonds is 8. The maximum absolute atomic E-state index is 5.47. The Hall–Kier alpha value is -0.850. The Balaban J connectivity index is 1.95. The van der Waals surface area contributed by atoms with Crippen LogP contribution in [0.15, 0.2) is 0 Å². The molecule has 0 atom stereocenters. The van der Waals surface area contributed by atoms with Gasteiger partial charge in [0, 0.05) is 37.1 Å². The van der Waals surface area contributed by atoms with Crippen molar-refractivity contribution in [3.05, 3.63) is 17.1 Å². The third kappa shape index (κ3) is 4.06. The quantitative estimate of drug-likeness (QED) is 0.735. The molecule has 0 saturated heterocycles. The van der Waals surface area contributed by atoms with Gasteiger partial charge in [-0.25, -0.2) is 9.97 Å². The third-order valence-electron chi connectivity index (χ3n) is 2.87. The predicted octanol–water partition coefficient (Wildman–Crippen LogP) is 1.86. The van der Waals surface area contributed by atoms with E-state index >= 15 is 0 Å². The first-order valence-corrected chi connectivity index (χ1v) is 7.77. The van der Waals surface area contributed by atoms with E-state index in [1.54, 1.807) is 7.11 Å². The van der Waals surface area contributed by atoms with Crippen molar-refractivity contribution in [3.8, 4) is 0 Å². The number of hydrogen-bond donors (Lipinski definition) is 1. The van der Waals surface area contributed by atoms with Crippen LogP contribution in [0, 0.1) is 0 Å². The fourth-order valence-electron chi connectivity index (χ4n) is 1.94. The lowest BCUT2D eigenvalue weighted by molar-refractivity contribution is 0.0716. The fourth-order valence-corrected chi connectivity index (χ4v) is 2.98.